The highest BCUT2D eigenvalue weighted by molar-refractivity contribution is 5.83. The number of rotatable bonds is 9. The van der Waals surface area contributed by atoms with E-state index in [1.807, 2.05) is 37.3 Å². The fourth-order valence-electron chi connectivity index (χ4n) is 2.25. The van der Waals surface area contributed by atoms with Crippen LogP contribution in [-0.4, -0.2) is 24.1 Å². The number of allylic oxidation sites excluding steroid dienone is 5. The molecule has 5 nitrogen and oxygen atoms in total. The number of fused-ring (bicyclic) bond motifs is 1. The zero-order chi connectivity index (χ0) is 22.6. The molecule has 0 saturated heterocycles. The first-order chi connectivity index (χ1) is 14.5. The Balaban J connectivity index is 0.000000508. The zero-order valence-corrected chi connectivity index (χ0v) is 17.9. The van der Waals surface area contributed by atoms with Crippen LogP contribution in [0.5, 0.6) is 5.75 Å². The van der Waals surface area contributed by atoms with Crippen LogP contribution in [-0.2, 0) is 9.59 Å². The number of ether oxygens (including phenoxy) is 1. The van der Waals surface area contributed by atoms with Gasteiger partial charge in [0, 0.05) is 6.42 Å². The number of nitrogens with two attached hydrogens (primary N) is 1. The molecule has 3 N–H and O–H groups in total. The molecule has 30 heavy (non-hydrogen) atoms. The summed E-state index contributed by atoms with van der Waals surface area (Å²) < 4.78 is 5.65. The fourth-order valence-corrected chi connectivity index (χ4v) is 2.25. The molecule has 0 spiro atoms. The van der Waals surface area contributed by atoms with E-state index in [1.54, 1.807) is 0 Å². The van der Waals surface area contributed by atoms with E-state index in [2.05, 4.69) is 55.6 Å². The number of carbonyl (C=O) groups is 2. The van der Waals surface area contributed by atoms with Gasteiger partial charge in [0.25, 0.3) is 0 Å². The maximum absolute atomic E-state index is 10.2. The van der Waals surface area contributed by atoms with Gasteiger partial charge in [0.05, 0.1) is 6.61 Å². The Morgan fingerprint density at radius 2 is 1.80 bits per heavy atom. The van der Waals surface area contributed by atoms with Crippen LogP contribution in [0.3, 0.4) is 0 Å². The summed E-state index contributed by atoms with van der Waals surface area (Å²) in [5.41, 5.74) is 5.01. The second-order valence-corrected chi connectivity index (χ2v) is 6.28. The molecule has 0 fully saturated rings. The Morgan fingerprint density at radius 3 is 2.40 bits per heavy atom. The molecule has 0 unspecified atom stereocenters. The Bertz CT molecular complexity index is 825. The van der Waals surface area contributed by atoms with Gasteiger partial charge in [0.2, 0.25) is 6.41 Å². The van der Waals surface area contributed by atoms with Gasteiger partial charge in [-0.2, -0.15) is 0 Å². The van der Waals surface area contributed by atoms with Gasteiger partial charge in [-0.1, -0.05) is 80.1 Å². The van der Waals surface area contributed by atoms with E-state index in [4.69, 9.17) is 14.6 Å². The van der Waals surface area contributed by atoms with Crippen molar-refractivity contribution in [1.29, 1.82) is 0 Å². The minimum atomic E-state index is -0.782. The van der Waals surface area contributed by atoms with Crippen LogP contribution in [0, 0.1) is 0 Å². The first-order valence-corrected chi connectivity index (χ1v) is 9.94. The van der Waals surface area contributed by atoms with Gasteiger partial charge >= 0.3 is 5.97 Å². The summed E-state index contributed by atoms with van der Waals surface area (Å²) in [6.45, 7) is 8.62. The summed E-state index contributed by atoms with van der Waals surface area (Å²) in [5.74, 6) is 0.192. The van der Waals surface area contributed by atoms with Crippen molar-refractivity contribution in [3.8, 4) is 5.75 Å². The van der Waals surface area contributed by atoms with Crippen molar-refractivity contribution in [3.05, 3.63) is 78.9 Å². The summed E-state index contributed by atoms with van der Waals surface area (Å²) in [6.07, 6.45) is 10.7. The molecule has 0 bridgehead atoms. The van der Waals surface area contributed by atoms with Gasteiger partial charge in [-0.25, -0.2) is 0 Å². The van der Waals surface area contributed by atoms with Crippen molar-refractivity contribution in [2.75, 3.05) is 6.61 Å². The SMILES string of the molecule is C=C(/C=C\C=C/C)CCC(=O)O.CCCCOc1ccc2ccccc2c1.NC=O. The molecule has 0 aliphatic heterocycles. The minimum Gasteiger partial charge on any atom is -0.494 e. The Hall–Kier alpha value is -3.34. The average molecular weight is 412 g/mol. The van der Waals surface area contributed by atoms with Crippen LogP contribution in [0.1, 0.15) is 39.5 Å². The van der Waals surface area contributed by atoms with E-state index in [9.17, 15) is 4.79 Å². The molecule has 2 aromatic rings. The van der Waals surface area contributed by atoms with Crippen LogP contribution in [0.4, 0.5) is 0 Å². The highest BCUT2D eigenvalue weighted by Crippen LogP contribution is 2.20. The van der Waals surface area contributed by atoms with Crippen LogP contribution < -0.4 is 10.5 Å². The zero-order valence-electron chi connectivity index (χ0n) is 17.9. The summed E-state index contributed by atoms with van der Waals surface area (Å²) in [7, 11) is 0. The highest BCUT2D eigenvalue weighted by Gasteiger charge is 1.96. The number of aliphatic carboxylic acids is 1. The average Bonchev–Trinajstić information content (AvgIpc) is 2.74. The molecule has 2 rings (SSSR count). The number of primary amides is 1. The van der Waals surface area contributed by atoms with E-state index in [0.29, 0.717) is 6.42 Å². The van der Waals surface area contributed by atoms with Crippen molar-refractivity contribution in [2.45, 2.75) is 39.5 Å². The van der Waals surface area contributed by atoms with E-state index >= 15 is 0 Å². The normalized spacial score (nSPS) is 10.1. The predicted molar refractivity (Wildman–Crippen MR) is 125 cm³/mol. The molecule has 1 amide bonds. The lowest BCUT2D eigenvalue weighted by Gasteiger charge is -2.06. The monoisotopic (exact) mass is 411 g/mol. The summed E-state index contributed by atoms with van der Waals surface area (Å²) >= 11 is 0. The lowest BCUT2D eigenvalue weighted by Crippen LogP contribution is -1.95. The number of hydrogen-bond acceptors (Lipinski definition) is 3. The molecule has 0 heterocycles. The molecule has 0 aromatic heterocycles. The van der Waals surface area contributed by atoms with Gasteiger partial charge in [-0.15, -0.1) is 0 Å². The van der Waals surface area contributed by atoms with Crippen molar-refractivity contribution in [3.63, 3.8) is 0 Å². The molecule has 162 valence electrons. The van der Waals surface area contributed by atoms with Crippen LogP contribution in [0.25, 0.3) is 10.8 Å². The number of carbonyl (C=O) groups excluding carboxylic acids is 1. The number of unbranched alkanes of at least 4 members (excludes halogenated alkanes) is 1. The lowest BCUT2D eigenvalue weighted by molar-refractivity contribution is -0.136. The topological polar surface area (TPSA) is 89.6 Å². The molecular formula is C25H33NO4. The Kier molecular flexibility index (Phi) is 15.8. The number of benzene rings is 2. The smallest absolute Gasteiger partial charge is 0.303 e. The maximum atomic E-state index is 10.2. The van der Waals surface area contributed by atoms with Gasteiger partial charge < -0.3 is 15.6 Å². The molecule has 0 atom stereocenters. The number of amides is 1. The van der Waals surface area contributed by atoms with Gasteiger partial charge in [-0.05, 0) is 42.7 Å². The highest BCUT2D eigenvalue weighted by atomic mass is 16.5. The quantitative estimate of drug-likeness (QED) is 0.316. The largest absolute Gasteiger partial charge is 0.494 e. The molecule has 0 aliphatic carbocycles. The molecule has 2 aromatic carbocycles. The first kappa shape index (κ1) is 26.7. The Labute approximate surface area is 179 Å². The summed E-state index contributed by atoms with van der Waals surface area (Å²) in [4.78, 5) is 18.7. The molecular weight excluding hydrogens is 378 g/mol. The molecule has 0 radical (unpaired) electrons. The van der Waals surface area contributed by atoms with Crippen molar-refractivity contribution >= 4 is 23.2 Å². The van der Waals surface area contributed by atoms with E-state index in [0.717, 1.165) is 24.4 Å². The van der Waals surface area contributed by atoms with Crippen molar-refractivity contribution in [2.24, 2.45) is 5.73 Å². The number of carboxylic acids is 1. The van der Waals surface area contributed by atoms with E-state index in [-0.39, 0.29) is 12.8 Å². The fraction of sp³-hybridized carbons (Fsp3) is 0.280. The third-order valence-corrected chi connectivity index (χ3v) is 3.78. The van der Waals surface area contributed by atoms with E-state index < -0.39 is 5.97 Å². The van der Waals surface area contributed by atoms with Crippen molar-refractivity contribution in [1.82, 2.24) is 0 Å². The van der Waals surface area contributed by atoms with Crippen molar-refractivity contribution < 1.29 is 19.4 Å². The lowest BCUT2D eigenvalue weighted by atomic mass is 10.1. The van der Waals surface area contributed by atoms with E-state index in [1.165, 1.54) is 17.2 Å². The third kappa shape index (κ3) is 13.8. The molecule has 0 aliphatic rings. The minimum absolute atomic E-state index is 0.152. The number of hydrogen-bond donors (Lipinski definition) is 2. The molecule has 5 heteroatoms. The van der Waals surface area contributed by atoms with Gasteiger partial charge in [0.1, 0.15) is 5.75 Å². The standard InChI is InChI=1S/C14H16O.C10H14O2.CH3NO/c1-2-3-10-15-14-9-8-12-6-4-5-7-13(12)11-14;1-3-4-5-6-9(2)7-8-10(11)12;2-1-3/h4-9,11H,2-3,10H2,1H3;3-6H,2,7-8H2,1H3,(H,11,12);1H,(H2,2,3)/b;4-3-,6-5-;. The van der Waals surface area contributed by atoms with Crippen LogP contribution in [0.2, 0.25) is 0 Å². The first-order valence-electron chi connectivity index (χ1n) is 9.94. The number of carboxylic acid groups (broad SMARTS) is 1. The van der Waals surface area contributed by atoms with Gasteiger partial charge in [0.15, 0.2) is 0 Å². The molecule has 0 saturated carbocycles. The second kappa shape index (κ2) is 17.7. The van der Waals surface area contributed by atoms with Gasteiger partial charge in [-0.3, -0.25) is 9.59 Å². The second-order valence-electron chi connectivity index (χ2n) is 6.28. The maximum Gasteiger partial charge on any atom is 0.303 e. The summed E-state index contributed by atoms with van der Waals surface area (Å²) in [6, 6.07) is 14.6. The third-order valence-electron chi connectivity index (χ3n) is 3.78. The Morgan fingerprint density at radius 1 is 1.13 bits per heavy atom. The predicted octanol–water partition coefficient (Wildman–Crippen LogP) is 5.66. The van der Waals surface area contributed by atoms with Crippen LogP contribution >= 0.6 is 0 Å². The van der Waals surface area contributed by atoms with Crippen LogP contribution in [0.15, 0.2) is 78.9 Å². The summed E-state index contributed by atoms with van der Waals surface area (Å²) in [5, 5.41) is 10.9.